The topological polar surface area (TPSA) is 109 Å². The Balaban J connectivity index is 1.43. The number of alkyl halides is 3. The Morgan fingerprint density at radius 3 is 2.64 bits per heavy atom. The van der Waals surface area contributed by atoms with Crippen molar-refractivity contribution in [2.75, 3.05) is 44.4 Å². The Labute approximate surface area is 224 Å². The lowest BCUT2D eigenvalue weighted by Gasteiger charge is -2.30. The van der Waals surface area contributed by atoms with Gasteiger partial charge in [0.2, 0.25) is 5.95 Å². The van der Waals surface area contributed by atoms with Gasteiger partial charge in [0, 0.05) is 38.1 Å². The SMILES string of the molecule is COc1cc2c(cc1Nc1ncc(C(N)=O)c(Nc3cccc4c3CCN(CC(F)(F)F)C4)n1)CN(C)CC2. The number of carbonyl (C=O) groups is 1. The summed E-state index contributed by atoms with van der Waals surface area (Å²) >= 11 is 0. The second kappa shape index (κ2) is 10.7. The first kappa shape index (κ1) is 26.7. The van der Waals surface area contributed by atoms with Gasteiger partial charge >= 0.3 is 6.18 Å². The summed E-state index contributed by atoms with van der Waals surface area (Å²) in [6, 6.07) is 9.41. The van der Waals surface area contributed by atoms with Crippen LogP contribution in [0.5, 0.6) is 5.75 Å². The molecule has 0 saturated heterocycles. The molecule has 0 unspecified atom stereocenters. The highest BCUT2D eigenvalue weighted by Gasteiger charge is 2.32. The van der Waals surface area contributed by atoms with E-state index in [2.05, 4.69) is 32.5 Å². The maximum absolute atomic E-state index is 12.9. The molecule has 12 heteroatoms. The molecule has 3 aromatic rings. The highest BCUT2D eigenvalue weighted by atomic mass is 19.4. The van der Waals surface area contributed by atoms with Gasteiger partial charge in [0.25, 0.3) is 5.91 Å². The number of methoxy groups -OCH3 is 1. The number of aromatic nitrogens is 2. The van der Waals surface area contributed by atoms with Gasteiger partial charge in [-0.1, -0.05) is 12.1 Å². The molecule has 9 nitrogen and oxygen atoms in total. The normalized spacial score (nSPS) is 15.8. The van der Waals surface area contributed by atoms with E-state index in [0.717, 1.165) is 30.6 Å². The Morgan fingerprint density at radius 1 is 1.08 bits per heavy atom. The Kier molecular flexibility index (Phi) is 7.32. The van der Waals surface area contributed by atoms with Crippen LogP contribution in [0.3, 0.4) is 0 Å². The number of likely N-dealkylation sites (N-methyl/N-ethyl adjacent to an activating group) is 1. The zero-order valence-electron chi connectivity index (χ0n) is 21.7. The van der Waals surface area contributed by atoms with Gasteiger partial charge in [0.15, 0.2) is 0 Å². The molecule has 2 aliphatic rings. The number of hydrogen-bond acceptors (Lipinski definition) is 8. The number of anilines is 4. The van der Waals surface area contributed by atoms with Crippen LogP contribution in [-0.4, -0.2) is 65.6 Å². The number of carbonyl (C=O) groups excluding carboxylic acids is 1. The van der Waals surface area contributed by atoms with Crippen molar-refractivity contribution in [1.82, 2.24) is 19.8 Å². The first-order valence-corrected chi connectivity index (χ1v) is 12.6. The second-order valence-electron chi connectivity index (χ2n) is 9.90. The molecular formula is C27H30F3N7O2. The number of benzene rings is 2. The van der Waals surface area contributed by atoms with Crippen LogP contribution < -0.4 is 21.1 Å². The molecule has 1 amide bonds. The van der Waals surface area contributed by atoms with E-state index in [9.17, 15) is 18.0 Å². The lowest BCUT2D eigenvalue weighted by atomic mass is 9.97. The van der Waals surface area contributed by atoms with Crippen LogP contribution in [0.15, 0.2) is 36.5 Å². The van der Waals surface area contributed by atoms with Crippen molar-refractivity contribution >= 4 is 29.0 Å². The van der Waals surface area contributed by atoms with Crippen molar-refractivity contribution < 1.29 is 22.7 Å². The molecule has 4 N–H and O–H groups in total. The number of halogens is 3. The van der Waals surface area contributed by atoms with Crippen LogP contribution >= 0.6 is 0 Å². The van der Waals surface area contributed by atoms with Gasteiger partial charge in [-0.3, -0.25) is 9.69 Å². The maximum Gasteiger partial charge on any atom is 0.401 e. The standard InChI is InChI=1S/C27H30F3N7O2/c1-36-8-6-16-11-23(39-2)22(10-18(16)13-36)34-26-32-12-20(24(31)38)25(35-26)33-21-5-3-4-17-14-37(9-7-19(17)21)15-27(28,29)30/h3-5,10-12H,6-9,13-15H2,1-2H3,(H2,31,38)(H2,32,33,34,35). The summed E-state index contributed by atoms with van der Waals surface area (Å²) in [5.74, 6) is 0.365. The van der Waals surface area contributed by atoms with E-state index >= 15 is 0 Å². The number of nitrogens with zero attached hydrogens (tertiary/aromatic N) is 4. The molecule has 0 atom stereocenters. The van der Waals surface area contributed by atoms with E-state index in [0.29, 0.717) is 23.5 Å². The van der Waals surface area contributed by atoms with Crippen LogP contribution in [0.1, 0.15) is 32.6 Å². The average molecular weight is 542 g/mol. The Hall–Kier alpha value is -3.90. The summed E-state index contributed by atoms with van der Waals surface area (Å²) in [4.78, 5) is 24.6. The Morgan fingerprint density at radius 2 is 1.90 bits per heavy atom. The number of nitrogens with two attached hydrogens (primary N) is 1. The molecule has 0 bridgehead atoms. The molecule has 39 heavy (non-hydrogen) atoms. The lowest BCUT2D eigenvalue weighted by molar-refractivity contribution is -0.147. The summed E-state index contributed by atoms with van der Waals surface area (Å²) in [5.41, 5.74) is 11.1. The van der Waals surface area contributed by atoms with Crippen molar-refractivity contribution in [2.45, 2.75) is 32.1 Å². The van der Waals surface area contributed by atoms with E-state index in [-0.39, 0.29) is 30.4 Å². The molecule has 206 valence electrons. The van der Waals surface area contributed by atoms with Gasteiger partial charge in [0.1, 0.15) is 17.1 Å². The average Bonchev–Trinajstić information content (AvgIpc) is 2.87. The van der Waals surface area contributed by atoms with Crippen LogP contribution in [0.4, 0.5) is 36.3 Å². The zero-order chi connectivity index (χ0) is 27.7. The highest BCUT2D eigenvalue weighted by Crippen LogP contribution is 2.34. The number of fused-ring (bicyclic) bond motifs is 2. The molecule has 0 aliphatic carbocycles. The number of amides is 1. The lowest BCUT2D eigenvalue weighted by Crippen LogP contribution is -2.38. The van der Waals surface area contributed by atoms with Gasteiger partial charge < -0.3 is 26.0 Å². The summed E-state index contributed by atoms with van der Waals surface area (Å²) in [6.07, 6.45) is -1.57. The quantitative estimate of drug-likeness (QED) is 0.412. The molecule has 0 fully saturated rings. The van der Waals surface area contributed by atoms with Gasteiger partial charge in [-0.05, 0) is 60.3 Å². The van der Waals surface area contributed by atoms with Crippen LogP contribution in [-0.2, 0) is 25.9 Å². The molecule has 2 aromatic carbocycles. The van der Waals surface area contributed by atoms with Gasteiger partial charge in [-0.25, -0.2) is 4.98 Å². The fourth-order valence-corrected chi connectivity index (χ4v) is 5.13. The van der Waals surface area contributed by atoms with E-state index in [1.54, 1.807) is 19.2 Å². The number of primary amides is 1. The van der Waals surface area contributed by atoms with Gasteiger partial charge in [0.05, 0.1) is 19.3 Å². The third kappa shape index (κ3) is 6.07. The minimum Gasteiger partial charge on any atom is -0.495 e. The largest absolute Gasteiger partial charge is 0.495 e. The summed E-state index contributed by atoms with van der Waals surface area (Å²) in [7, 11) is 3.67. The second-order valence-corrected chi connectivity index (χ2v) is 9.90. The van der Waals surface area contributed by atoms with Crippen molar-refractivity contribution in [3.63, 3.8) is 0 Å². The minimum atomic E-state index is -4.26. The highest BCUT2D eigenvalue weighted by molar-refractivity contribution is 5.98. The van der Waals surface area contributed by atoms with Gasteiger partial charge in [-0.2, -0.15) is 18.2 Å². The predicted molar refractivity (Wildman–Crippen MR) is 142 cm³/mol. The van der Waals surface area contributed by atoms with Gasteiger partial charge in [-0.15, -0.1) is 0 Å². The smallest absolute Gasteiger partial charge is 0.401 e. The third-order valence-corrected chi connectivity index (χ3v) is 7.03. The molecular weight excluding hydrogens is 511 g/mol. The fourth-order valence-electron chi connectivity index (χ4n) is 5.13. The first-order valence-electron chi connectivity index (χ1n) is 12.6. The van der Waals surface area contributed by atoms with E-state index in [1.165, 1.54) is 22.2 Å². The number of ether oxygens (including phenoxy) is 1. The van der Waals surface area contributed by atoms with Crippen LogP contribution in [0, 0.1) is 0 Å². The first-order chi connectivity index (χ1) is 18.6. The number of rotatable bonds is 7. The van der Waals surface area contributed by atoms with E-state index < -0.39 is 18.6 Å². The molecule has 1 aromatic heterocycles. The zero-order valence-corrected chi connectivity index (χ0v) is 21.7. The number of nitrogens with one attached hydrogen (secondary N) is 2. The van der Waals surface area contributed by atoms with E-state index in [1.807, 2.05) is 18.2 Å². The molecule has 5 rings (SSSR count). The van der Waals surface area contributed by atoms with E-state index in [4.69, 9.17) is 10.5 Å². The molecule has 3 heterocycles. The van der Waals surface area contributed by atoms with Crippen molar-refractivity contribution in [3.8, 4) is 5.75 Å². The van der Waals surface area contributed by atoms with Crippen LogP contribution in [0.25, 0.3) is 0 Å². The molecule has 0 saturated carbocycles. The third-order valence-electron chi connectivity index (χ3n) is 7.03. The molecule has 0 radical (unpaired) electrons. The predicted octanol–water partition coefficient (Wildman–Crippen LogP) is 3.98. The Bertz CT molecular complexity index is 1400. The number of hydrogen-bond donors (Lipinski definition) is 3. The molecule has 2 aliphatic heterocycles. The fraction of sp³-hybridized carbons (Fsp3) is 0.370. The van der Waals surface area contributed by atoms with Crippen LogP contribution in [0.2, 0.25) is 0 Å². The monoisotopic (exact) mass is 541 g/mol. The van der Waals surface area contributed by atoms with Crippen molar-refractivity contribution in [2.24, 2.45) is 5.73 Å². The summed E-state index contributed by atoms with van der Waals surface area (Å²) in [5, 5.41) is 6.38. The van der Waals surface area contributed by atoms with Crippen molar-refractivity contribution in [3.05, 3.63) is 64.3 Å². The molecule has 0 spiro atoms. The summed E-state index contributed by atoms with van der Waals surface area (Å²) < 4.78 is 44.4. The minimum absolute atomic E-state index is 0.0895. The maximum atomic E-state index is 12.9. The summed E-state index contributed by atoms with van der Waals surface area (Å²) in [6.45, 7) is 1.26. The van der Waals surface area contributed by atoms with Crippen molar-refractivity contribution in [1.29, 1.82) is 0 Å².